The van der Waals surface area contributed by atoms with Crippen LogP contribution in [0.5, 0.6) is 0 Å². The Kier molecular flexibility index (Phi) is 10.7. The van der Waals surface area contributed by atoms with E-state index in [0.717, 1.165) is 68.6 Å². The van der Waals surface area contributed by atoms with Crippen LogP contribution in [-0.4, -0.2) is 91.6 Å². The number of amidine groups is 1. The molecule has 0 radical (unpaired) electrons. The van der Waals surface area contributed by atoms with Gasteiger partial charge in [-0.3, -0.25) is 10.5 Å². The Morgan fingerprint density at radius 2 is 2.00 bits per heavy atom. The molecular weight excluding hydrogens is 526 g/mol. The average Bonchev–Trinajstić information content (AvgIpc) is 2.98. The molecule has 3 aliphatic heterocycles. The lowest BCUT2D eigenvalue weighted by molar-refractivity contribution is -0.447. The summed E-state index contributed by atoms with van der Waals surface area (Å²) in [6.45, 7) is 6.83. The number of nitrogens with one attached hydrogen (secondary N) is 3. The van der Waals surface area contributed by atoms with Gasteiger partial charge < -0.3 is 31.9 Å². The molecule has 0 unspecified atom stereocenters. The van der Waals surface area contributed by atoms with Gasteiger partial charge in [-0.15, -0.1) is 6.54 Å². The highest BCUT2D eigenvalue weighted by molar-refractivity contribution is 5.96. The third kappa shape index (κ3) is 7.25. The molecule has 0 spiro atoms. The molecule has 0 bridgehead atoms. The first-order valence-electron chi connectivity index (χ1n) is 14.8. The number of aryl methyl sites for hydroxylation is 1. The molecule has 0 saturated carbocycles. The molecule has 1 aromatic carbocycles. The van der Waals surface area contributed by atoms with Gasteiger partial charge in [-0.05, 0) is 80.2 Å². The fourth-order valence-electron chi connectivity index (χ4n) is 6.21. The van der Waals surface area contributed by atoms with Gasteiger partial charge in [0, 0.05) is 57.3 Å². The molecule has 0 aliphatic carbocycles. The number of carbonyl (C=O) groups excluding carboxylic acids is 1. The summed E-state index contributed by atoms with van der Waals surface area (Å²) in [7, 11) is 1.70. The van der Waals surface area contributed by atoms with Crippen LogP contribution >= 0.6 is 0 Å². The highest BCUT2D eigenvalue weighted by atomic mass is 19.3. The Morgan fingerprint density at radius 3 is 2.63 bits per heavy atom. The fraction of sp³-hybridized carbons (Fsp3) is 0.600. The molecule has 0 atom stereocenters. The van der Waals surface area contributed by atoms with E-state index in [1.54, 1.807) is 31.1 Å². The van der Waals surface area contributed by atoms with Gasteiger partial charge in [0.05, 0.1) is 18.7 Å². The standard InChI is InChI=1S/C30H45F2N8O/c1-20(41)39-14-8-27(37-23-6-12-38(13-7-23)10-4-9-33)26(19-39)30(35)40-11-3-5-21-15-24(22(17-34)18-36-2)25(29(31)32)16-28(21)40/h15-16,18,23,29,34,36H,3-14,17,19,33H2,1-2H3,(H2,35,37)/q-1/p+1/b22-18+. The van der Waals surface area contributed by atoms with E-state index < -0.39 is 6.43 Å². The van der Waals surface area contributed by atoms with Gasteiger partial charge in [-0.1, -0.05) is 0 Å². The van der Waals surface area contributed by atoms with Crippen LogP contribution in [0.15, 0.2) is 29.6 Å². The predicted octanol–water partition coefficient (Wildman–Crippen LogP) is 3.09. The normalized spacial score (nSPS) is 20.4. The van der Waals surface area contributed by atoms with Gasteiger partial charge in [0.2, 0.25) is 5.91 Å². The average molecular weight is 573 g/mol. The van der Waals surface area contributed by atoms with E-state index in [2.05, 4.69) is 15.5 Å². The summed E-state index contributed by atoms with van der Waals surface area (Å²) in [5.41, 5.74) is 24.9. The molecule has 41 heavy (non-hydrogen) atoms. The minimum absolute atomic E-state index is 0.00882. The third-order valence-corrected chi connectivity index (χ3v) is 8.49. The second-order valence-corrected chi connectivity index (χ2v) is 11.2. The maximum absolute atomic E-state index is 14.3. The number of nitrogens with zero attached hydrogens (tertiary/aromatic N) is 3. The summed E-state index contributed by atoms with van der Waals surface area (Å²) < 4.78 is 30.6. The molecule has 0 aromatic heterocycles. The lowest BCUT2D eigenvalue weighted by Crippen LogP contribution is -2.47. The molecular formula is C30H46F2N8O. The summed E-state index contributed by atoms with van der Waals surface area (Å²) in [6, 6.07) is 3.68. The number of piperidine rings is 1. The minimum Gasteiger partial charge on any atom is -0.674 e. The number of likely N-dealkylation sites (tertiary alicyclic amines) is 1. The van der Waals surface area contributed by atoms with E-state index in [-0.39, 0.29) is 18.0 Å². The van der Waals surface area contributed by atoms with Crippen LogP contribution in [0.1, 0.15) is 62.1 Å². The highest BCUT2D eigenvalue weighted by Gasteiger charge is 2.32. The largest absolute Gasteiger partial charge is 0.674 e. The molecule has 1 amide bonds. The molecule has 11 heteroatoms. The Hall–Kier alpha value is -3.02. The number of carbonyl (C=O) groups is 1. The minimum atomic E-state index is -2.69. The Balaban J connectivity index is 1.72. The van der Waals surface area contributed by atoms with Gasteiger partial charge in [-0.2, -0.15) is 0 Å². The second kappa shape index (κ2) is 14.2. The third-order valence-electron chi connectivity index (χ3n) is 8.49. The zero-order valence-corrected chi connectivity index (χ0v) is 24.4. The van der Waals surface area contributed by atoms with Crippen molar-refractivity contribution in [1.82, 2.24) is 20.4 Å². The second-order valence-electron chi connectivity index (χ2n) is 11.2. The summed E-state index contributed by atoms with van der Waals surface area (Å²) in [4.78, 5) is 16.6. The molecule has 4 rings (SSSR count). The molecule has 3 heterocycles. The molecule has 1 saturated heterocycles. The summed E-state index contributed by atoms with van der Waals surface area (Å²) in [5, 5.41) is 6.65. The fourth-order valence-corrected chi connectivity index (χ4v) is 6.21. The van der Waals surface area contributed by atoms with Crippen molar-refractivity contribution in [2.24, 2.45) is 11.5 Å². The number of alkyl halides is 2. The number of rotatable bonds is 10. The number of amides is 1. The number of halogens is 2. The zero-order chi connectivity index (χ0) is 29.5. The maximum Gasteiger partial charge on any atom is 0.279 e. The number of hydrogen-bond donors (Lipinski definition) is 4. The number of nitrogens with two attached hydrogens (primary N) is 2. The van der Waals surface area contributed by atoms with E-state index >= 15 is 0 Å². The Labute approximate surface area is 242 Å². The van der Waals surface area contributed by atoms with Crippen molar-refractivity contribution in [3.05, 3.63) is 52.0 Å². The zero-order valence-electron chi connectivity index (χ0n) is 24.4. The number of fused-ring (bicyclic) bond motifs is 1. The van der Waals surface area contributed by atoms with Crippen molar-refractivity contribution in [3.8, 4) is 0 Å². The quantitative estimate of drug-likeness (QED) is 0.252. The SMILES string of the molecule is CN/C=C(\C[NH-])c1cc2c(cc1C(F)F)[N+](=C(N)C1=C(NC3CCN(CCCN)CC3)CCN(C(C)=O)C1)CCC2. The van der Waals surface area contributed by atoms with Crippen molar-refractivity contribution in [2.75, 3.05) is 59.4 Å². The smallest absolute Gasteiger partial charge is 0.279 e. The molecule has 3 aliphatic rings. The van der Waals surface area contributed by atoms with Gasteiger partial charge in [-0.25, -0.2) is 13.4 Å². The summed E-state index contributed by atoms with van der Waals surface area (Å²) in [5.74, 6) is 0.504. The van der Waals surface area contributed by atoms with Crippen molar-refractivity contribution >= 4 is 23.0 Å². The molecule has 1 aromatic rings. The topological polar surface area (TPSA) is 126 Å². The Morgan fingerprint density at radius 1 is 1.24 bits per heavy atom. The van der Waals surface area contributed by atoms with Crippen molar-refractivity contribution in [1.29, 1.82) is 0 Å². The first-order valence-corrected chi connectivity index (χ1v) is 14.8. The van der Waals surface area contributed by atoms with E-state index in [9.17, 15) is 13.6 Å². The predicted molar refractivity (Wildman–Crippen MR) is 160 cm³/mol. The van der Waals surface area contributed by atoms with E-state index in [1.807, 2.05) is 10.6 Å². The first kappa shape index (κ1) is 30.9. The van der Waals surface area contributed by atoms with E-state index in [4.69, 9.17) is 17.2 Å². The summed E-state index contributed by atoms with van der Waals surface area (Å²) >= 11 is 0. The number of benzene rings is 1. The van der Waals surface area contributed by atoms with Crippen LogP contribution < -0.4 is 22.1 Å². The number of hydrogen-bond acceptors (Lipinski definition) is 5. The lowest BCUT2D eigenvalue weighted by atomic mass is 9.92. The van der Waals surface area contributed by atoms with Gasteiger partial charge in [0.1, 0.15) is 5.69 Å². The van der Waals surface area contributed by atoms with Crippen LogP contribution in [-0.2, 0) is 11.2 Å². The summed E-state index contributed by atoms with van der Waals surface area (Å²) in [6.07, 6.45) is 4.20. The highest BCUT2D eigenvalue weighted by Crippen LogP contribution is 2.37. The first-order chi connectivity index (χ1) is 19.8. The van der Waals surface area contributed by atoms with E-state index in [1.165, 1.54) is 0 Å². The van der Waals surface area contributed by atoms with Gasteiger partial charge in [0.15, 0.2) is 0 Å². The van der Waals surface area contributed by atoms with Gasteiger partial charge >= 0.3 is 0 Å². The molecule has 9 nitrogen and oxygen atoms in total. The Bertz CT molecular complexity index is 1190. The van der Waals surface area contributed by atoms with Crippen molar-refractivity contribution in [3.63, 3.8) is 0 Å². The van der Waals surface area contributed by atoms with Crippen molar-refractivity contribution < 1.29 is 18.2 Å². The van der Waals surface area contributed by atoms with E-state index in [0.29, 0.717) is 61.3 Å². The molecule has 226 valence electrons. The van der Waals surface area contributed by atoms with Crippen molar-refractivity contribution in [2.45, 2.75) is 57.9 Å². The van der Waals surface area contributed by atoms with Crippen LogP contribution in [0.4, 0.5) is 14.5 Å². The monoisotopic (exact) mass is 572 g/mol. The van der Waals surface area contributed by atoms with Crippen LogP contribution in [0.2, 0.25) is 0 Å². The lowest BCUT2D eigenvalue weighted by Gasteiger charge is -2.36. The van der Waals surface area contributed by atoms with Crippen LogP contribution in [0.25, 0.3) is 11.3 Å². The van der Waals surface area contributed by atoms with Crippen LogP contribution in [0.3, 0.4) is 0 Å². The maximum atomic E-state index is 14.3. The van der Waals surface area contributed by atoms with Gasteiger partial charge in [0.25, 0.3) is 12.3 Å². The van der Waals surface area contributed by atoms with Crippen LogP contribution in [0, 0.1) is 0 Å². The molecule has 7 N–H and O–H groups in total. The molecule has 1 fully saturated rings.